The van der Waals surface area contributed by atoms with Crippen molar-refractivity contribution in [2.45, 2.75) is 13.5 Å². The molecular formula is C16H19NO4. The molecule has 1 aromatic carbocycles. The summed E-state index contributed by atoms with van der Waals surface area (Å²) in [5.74, 6) is -0.249. The van der Waals surface area contributed by atoms with Gasteiger partial charge >= 0.3 is 5.97 Å². The molecule has 0 aliphatic heterocycles. The number of amides is 1. The summed E-state index contributed by atoms with van der Waals surface area (Å²) in [5, 5.41) is 2.73. The van der Waals surface area contributed by atoms with E-state index in [-0.39, 0.29) is 5.91 Å². The summed E-state index contributed by atoms with van der Waals surface area (Å²) >= 11 is 0. The van der Waals surface area contributed by atoms with Gasteiger partial charge in [-0.1, -0.05) is 24.3 Å². The van der Waals surface area contributed by atoms with E-state index in [0.717, 1.165) is 5.56 Å². The van der Waals surface area contributed by atoms with E-state index < -0.39 is 5.97 Å². The highest BCUT2D eigenvalue weighted by Crippen LogP contribution is 2.20. The van der Waals surface area contributed by atoms with Gasteiger partial charge in [-0.25, -0.2) is 4.79 Å². The number of carbonyl (C=O) groups is 2. The van der Waals surface area contributed by atoms with E-state index in [9.17, 15) is 9.59 Å². The standard InChI is InChI=1S/C16H19NO4/c1-4-5-6-7-15(18)17-11-12-8-9-14(20-2)13(10-12)16(19)21-3/h4-10H,11H2,1-3H3,(H,17,18)/b5-4+,7-6+. The number of rotatable bonds is 6. The Morgan fingerprint density at radius 2 is 2.00 bits per heavy atom. The van der Waals surface area contributed by atoms with Gasteiger partial charge in [0, 0.05) is 12.6 Å². The highest BCUT2D eigenvalue weighted by Gasteiger charge is 2.13. The van der Waals surface area contributed by atoms with Crippen LogP contribution in [0.5, 0.6) is 5.75 Å². The molecule has 0 aromatic heterocycles. The molecule has 1 N–H and O–H groups in total. The highest BCUT2D eigenvalue weighted by atomic mass is 16.5. The van der Waals surface area contributed by atoms with Crippen molar-refractivity contribution in [2.24, 2.45) is 0 Å². The van der Waals surface area contributed by atoms with Crippen molar-refractivity contribution in [3.63, 3.8) is 0 Å². The number of methoxy groups -OCH3 is 2. The van der Waals surface area contributed by atoms with E-state index in [0.29, 0.717) is 17.9 Å². The maximum Gasteiger partial charge on any atom is 0.341 e. The van der Waals surface area contributed by atoms with Gasteiger partial charge in [0.1, 0.15) is 11.3 Å². The van der Waals surface area contributed by atoms with E-state index in [1.165, 1.54) is 20.3 Å². The first-order chi connectivity index (χ1) is 10.1. The van der Waals surface area contributed by atoms with Gasteiger partial charge in [0.25, 0.3) is 0 Å². The average molecular weight is 289 g/mol. The monoisotopic (exact) mass is 289 g/mol. The third-order valence-electron chi connectivity index (χ3n) is 2.69. The van der Waals surface area contributed by atoms with E-state index in [4.69, 9.17) is 9.47 Å². The molecule has 1 aromatic rings. The molecule has 0 unspecified atom stereocenters. The molecule has 0 saturated heterocycles. The van der Waals surface area contributed by atoms with Gasteiger partial charge in [-0.15, -0.1) is 0 Å². The molecule has 0 saturated carbocycles. The van der Waals surface area contributed by atoms with Crippen LogP contribution in [0.25, 0.3) is 0 Å². The Hall–Kier alpha value is -2.56. The quantitative estimate of drug-likeness (QED) is 0.495. The third kappa shape index (κ3) is 5.14. The summed E-state index contributed by atoms with van der Waals surface area (Å²) in [4.78, 5) is 23.2. The minimum atomic E-state index is -0.479. The van der Waals surface area contributed by atoms with Gasteiger partial charge in [-0.2, -0.15) is 0 Å². The second-order valence-electron chi connectivity index (χ2n) is 4.13. The van der Waals surface area contributed by atoms with E-state index >= 15 is 0 Å². The number of carbonyl (C=O) groups excluding carboxylic acids is 2. The van der Waals surface area contributed by atoms with Crippen molar-refractivity contribution in [1.82, 2.24) is 5.32 Å². The minimum Gasteiger partial charge on any atom is -0.496 e. The van der Waals surface area contributed by atoms with Crippen molar-refractivity contribution in [3.8, 4) is 5.75 Å². The molecule has 5 heteroatoms. The number of hydrogen-bond acceptors (Lipinski definition) is 4. The molecule has 0 spiro atoms. The van der Waals surface area contributed by atoms with Crippen LogP contribution in [0.1, 0.15) is 22.8 Å². The lowest BCUT2D eigenvalue weighted by Gasteiger charge is -2.09. The van der Waals surface area contributed by atoms with Gasteiger partial charge < -0.3 is 14.8 Å². The first kappa shape index (κ1) is 16.5. The van der Waals surface area contributed by atoms with Crippen molar-refractivity contribution >= 4 is 11.9 Å². The first-order valence-corrected chi connectivity index (χ1v) is 6.44. The van der Waals surface area contributed by atoms with E-state index in [1.807, 2.05) is 13.0 Å². The fourth-order valence-corrected chi connectivity index (χ4v) is 1.64. The first-order valence-electron chi connectivity index (χ1n) is 6.44. The Morgan fingerprint density at radius 1 is 1.24 bits per heavy atom. The molecular weight excluding hydrogens is 270 g/mol. The maximum absolute atomic E-state index is 11.6. The van der Waals surface area contributed by atoms with Gasteiger partial charge in [0.15, 0.2) is 0 Å². The van der Waals surface area contributed by atoms with Crippen LogP contribution in [0, 0.1) is 0 Å². The maximum atomic E-state index is 11.6. The Morgan fingerprint density at radius 3 is 2.62 bits per heavy atom. The molecule has 1 amide bonds. The Labute approximate surface area is 124 Å². The van der Waals surface area contributed by atoms with E-state index in [2.05, 4.69) is 5.32 Å². The second kappa shape index (κ2) is 8.58. The number of hydrogen-bond donors (Lipinski definition) is 1. The molecule has 0 atom stereocenters. The summed E-state index contributed by atoms with van der Waals surface area (Å²) in [6.45, 7) is 2.18. The van der Waals surface area contributed by atoms with Gasteiger partial charge in [-0.05, 0) is 24.6 Å². The number of allylic oxidation sites excluding steroid dienone is 3. The lowest BCUT2D eigenvalue weighted by molar-refractivity contribution is -0.116. The number of nitrogens with one attached hydrogen (secondary N) is 1. The van der Waals surface area contributed by atoms with E-state index in [1.54, 1.807) is 30.4 Å². The van der Waals surface area contributed by atoms with Crippen molar-refractivity contribution in [1.29, 1.82) is 0 Å². The van der Waals surface area contributed by atoms with Crippen LogP contribution >= 0.6 is 0 Å². The zero-order valence-corrected chi connectivity index (χ0v) is 12.4. The minimum absolute atomic E-state index is 0.205. The van der Waals surface area contributed by atoms with Crippen molar-refractivity contribution < 1.29 is 19.1 Å². The van der Waals surface area contributed by atoms with Crippen LogP contribution in [0.2, 0.25) is 0 Å². The van der Waals surface area contributed by atoms with Crippen LogP contribution in [0.15, 0.2) is 42.5 Å². The lowest BCUT2D eigenvalue weighted by Crippen LogP contribution is -2.20. The summed E-state index contributed by atoms with van der Waals surface area (Å²) < 4.78 is 9.81. The lowest BCUT2D eigenvalue weighted by atomic mass is 10.1. The predicted octanol–water partition coefficient (Wildman–Crippen LogP) is 2.23. The Bertz CT molecular complexity index is 561. The molecule has 1 rings (SSSR count). The summed E-state index contributed by atoms with van der Waals surface area (Å²) in [6.07, 6.45) is 6.69. The number of esters is 1. The SMILES string of the molecule is C/C=C/C=C/C(=O)NCc1ccc(OC)c(C(=O)OC)c1. The van der Waals surface area contributed by atoms with Crippen LogP contribution in [-0.2, 0) is 16.1 Å². The Kier molecular flexibility index (Phi) is 6.74. The zero-order valence-electron chi connectivity index (χ0n) is 12.4. The number of ether oxygens (including phenoxy) is 2. The molecule has 0 heterocycles. The zero-order chi connectivity index (χ0) is 15.7. The predicted molar refractivity (Wildman–Crippen MR) is 80.1 cm³/mol. The van der Waals surface area contributed by atoms with Crippen molar-refractivity contribution in [2.75, 3.05) is 14.2 Å². The normalized spacial score (nSPS) is 10.8. The molecule has 0 bridgehead atoms. The second-order valence-corrected chi connectivity index (χ2v) is 4.13. The molecule has 21 heavy (non-hydrogen) atoms. The van der Waals surface area contributed by atoms with Gasteiger partial charge in [0.05, 0.1) is 14.2 Å². The Balaban J connectivity index is 2.76. The fourth-order valence-electron chi connectivity index (χ4n) is 1.64. The average Bonchev–Trinajstić information content (AvgIpc) is 2.52. The molecule has 5 nitrogen and oxygen atoms in total. The van der Waals surface area contributed by atoms with Gasteiger partial charge in [0.2, 0.25) is 5.91 Å². The highest BCUT2D eigenvalue weighted by molar-refractivity contribution is 5.92. The molecule has 0 radical (unpaired) electrons. The fraction of sp³-hybridized carbons (Fsp3) is 0.250. The summed E-state index contributed by atoms with van der Waals surface area (Å²) in [7, 11) is 2.79. The molecule has 0 fully saturated rings. The van der Waals surface area contributed by atoms with Crippen LogP contribution in [0.4, 0.5) is 0 Å². The van der Waals surface area contributed by atoms with Crippen molar-refractivity contribution in [3.05, 3.63) is 53.6 Å². The number of benzene rings is 1. The molecule has 0 aliphatic carbocycles. The summed E-state index contributed by atoms with van der Waals surface area (Å²) in [5.41, 5.74) is 1.11. The largest absolute Gasteiger partial charge is 0.496 e. The smallest absolute Gasteiger partial charge is 0.341 e. The van der Waals surface area contributed by atoms with Gasteiger partial charge in [-0.3, -0.25) is 4.79 Å². The van der Waals surface area contributed by atoms with Crippen LogP contribution < -0.4 is 10.1 Å². The topological polar surface area (TPSA) is 64.6 Å². The molecule has 0 aliphatic rings. The third-order valence-corrected chi connectivity index (χ3v) is 2.69. The summed E-state index contributed by atoms with van der Waals surface area (Å²) in [6, 6.07) is 5.09. The van der Waals surface area contributed by atoms with Crippen LogP contribution in [0.3, 0.4) is 0 Å². The van der Waals surface area contributed by atoms with Crippen LogP contribution in [-0.4, -0.2) is 26.1 Å². The molecule has 112 valence electrons.